The van der Waals surface area contributed by atoms with E-state index in [1.54, 1.807) is 19.1 Å². The molecule has 0 radical (unpaired) electrons. The summed E-state index contributed by atoms with van der Waals surface area (Å²) >= 11 is 9.63. The summed E-state index contributed by atoms with van der Waals surface area (Å²) in [6, 6.07) is 11.6. The van der Waals surface area contributed by atoms with E-state index < -0.39 is 16.1 Å². The van der Waals surface area contributed by atoms with Crippen molar-refractivity contribution in [3.63, 3.8) is 0 Å². The zero-order chi connectivity index (χ0) is 26.9. The third kappa shape index (κ3) is 8.67. The molecule has 2 amide bonds. The van der Waals surface area contributed by atoms with Crippen LogP contribution in [0.3, 0.4) is 0 Å². The molecule has 36 heavy (non-hydrogen) atoms. The number of halogens is 2. The molecule has 0 aliphatic rings. The van der Waals surface area contributed by atoms with Crippen molar-refractivity contribution in [1.82, 2.24) is 10.2 Å². The summed E-state index contributed by atoms with van der Waals surface area (Å²) in [5.74, 6) is -0.0382. The lowest BCUT2D eigenvalue weighted by Crippen LogP contribution is -2.47. The average molecular weight is 603 g/mol. The van der Waals surface area contributed by atoms with Gasteiger partial charge in [-0.15, -0.1) is 0 Å². The molecular formula is C25H33BrClN3O5S. The van der Waals surface area contributed by atoms with Crippen LogP contribution in [0.1, 0.15) is 38.7 Å². The molecule has 11 heteroatoms. The predicted molar refractivity (Wildman–Crippen MR) is 147 cm³/mol. The topological polar surface area (TPSA) is 96.0 Å². The van der Waals surface area contributed by atoms with Crippen LogP contribution >= 0.6 is 27.5 Å². The second-order valence-corrected chi connectivity index (χ2v) is 11.6. The third-order valence-electron chi connectivity index (χ3n) is 5.53. The second-order valence-electron chi connectivity index (χ2n) is 8.38. The number of anilines is 1. The summed E-state index contributed by atoms with van der Waals surface area (Å²) in [6.07, 6.45) is 2.21. The Balaban J connectivity index is 2.18. The fourth-order valence-corrected chi connectivity index (χ4v) is 5.28. The number of carbonyl (C=O) groups excluding carboxylic acids is 2. The first kappa shape index (κ1) is 29.9. The highest BCUT2D eigenvalue weighted by Gasteiger charge is 2.26. The van der Waals surface area contributed by atoms with Crippen LogP contribution < -0.4 is 14.4 Å². The zero-order valence-corrected chi connectivity index (χ0v) is 24.1. The number of nitrogens with one attached hydrogen (secondary N) is 1. The van der Waals surface area contributed by atoms with Gasteiger partial charge in [-0.1, -0.05) is 46.6 Å². The van der Waals surface area contributed by atoms with Crippen LogP contribution in [-0.4, -0.2) is 57.6 Å². The number of methoxy groups -OCH3 is 1. The molecule has 0 unspecified atom stereocenters. The van der Waals surface area contributed by atoms with E-state index in [1.807, 2.05) is 31.2 Å². The molecule has 2 aromatic carbocycles. The Morgan fingerprint density at radius 1 is 1.19 bits per heavy atom. The molecule has 8 nitrogen and oxygen atoms in total. The summed E-state index contributed by atoms with van der Waals surface area (Å²) in [5, 5.41) is 3.13. The molecule has 0 saturated heterocycles. The van der Waals surface area contributed by atoms with E-state index >= 15 is 0 Å². The van der Waals surface area contributed by atoms with Crippen molar-refractivity contribution < 1.29 is 22.7 Å². The summed E-state index contributed by atoms with van der Waals surface area (Å²) in [5.41, 5.74) is 1.26. The molecule has 0 bridgehead atoms. The van der Waals surface area contributed by atoms with Gasteiger partial charge in [-0.25, -0.2) is 8.42 Å². The molecule has 0 heterocycles. The number of ether oxygens (including phenoxy) is 1. The van der Waals surface area contributed by atoms with Gasteiger partial charge in [0.2, 0.25) is 21.8 Å². The third-order valence-corrected chi connectivity index (χ3v) is 7.52. The van der Waals surface area contributed by atoms with Gasteiger partial charge in [-0.3, -0.25) is 13.9 Å². The zero-order valence-electron chi connectivity index (χ0n) is 21.0. The lowest BCUT2D eigenvalue weighted by molar-refractivity contribution is -0.140. The highest BCUT2D eigenvalue weighted by Crippen LogP contribution is 2.30. The van der Waals surface area contributed by atoms with Gasteiger partial charge in [-0.2, -0.15) is 0 Å². The van der Waals surface area contributed by atoms with Crippen LogP contribution in [0.4, 0.5) is 5.69 Å². The van der Waals surface area contributed by atoms with Gasteiger partial charge in [0, 0.05) is 30.5 Å². The molecule has 1 N–H and O–H groups in total. The van der Waals surface area contributed by atoms with Gasteiger partial charge in [0.15, 0.2) is 0 Å². The maximum Gasteiger partial charge on any atom is 0.242 e. The second kappa shape index (κ2) is 13.9. The monoisotopic (exact) mass is 601 g/mol. The van der Waals surface area contributed by atoms with E-state index in [0.717, 1.165) is 22.7 Å². The van der Waals surface area contributed by atoms with Crippen LogP contribution in [0.15, 0.2) is 46.9 Å². The maximum atomic E-state index is 13.3. The fourth-order valence-electron chi connectivity index (χ4n) is 3.62. The van der Waals surface area contributed by atoms with E-state index in [-0.39, 0.29) is 42.8 Å². The lowest BCUT2D eigenvalue weighted by Gasteiger charge is -2.29. The van der Waals surface area contributed by atoms with E-state index in [1.165, 1.54) is 22.4 Å². The average Bonchev–Trinajstić information content (AvgIpc) is 2.82. The Bertz CT molecular complexity index is 1160. The quantitative estimate of drug-likeness (QED) is 0.362. The van der Waals surface area contributed by atoms with Gasteiger partial charge < -0.3 is 15.0 Å². The number of amides is 2. The molecule has 0 aromatic heterocycles. The molecule has 0 saturated carbocycles. The van der Waals surface area contributed by atoms with Crippen molar-refractivity contribution in [3.8, 4) is 5.75 Å². The Morgan fingerprint density at radius 2 is 1.92 bits per heavy atom. The molecule has 0 aliphatic heterocycles. The number of sulfonamides is 1. The summed E-state index contributed by atoms with van der Waals surface area (Å²) < 4.78 is 32.2. The molecule has 0 spiro atoms. The van der Waals surface area contributed by atoms with Gasteiger partial charge in [0.25, 0.3) is 0 Å². The summed E-state index contributed by atoms with van der Waals surface area (Å²) in [6.45, 7) is 4.51. The molecular weight excluding hydrogens is 570 g/mol. The molecule has 0 fully saturated rings. The van der Waals surface area contributed by atoms with Gasteiger partial charge in [0.1, 0.15) is 11.8 Å². The van der Waals surface area contributed by atoms with Crippen LogP contribution in [0.2, 0.25) is 5.02 Å². The minimum Gasteiger partial charge on any atom is -0.495 e. The van der Waals surface area contributed by atoms with Crippen molar-refractivity contribution in [2.24, 2.45) is 0 Å². The predicted octanol–water partition coefficient (Wildman–Crippen LogP) is 4.60. The molecule has 0 aliphatic carbocycles. The van der Waals surface area contributed by atoms with Crippen molar-refractivity contribution in [2.75, 3.05) is 30.8 Å². The van der Waals surface area contributed by atoms with Crippen molar-refractivity contribution in [2.45, 2.75) is 45.7 Å². The van der Waals surface area contributed by atoms with Gasteiger partial charge >= 0.3 is 0 Å². The Morgan fingerprint density at radius 3 is 2.50 bits per heavy atom. The number of hydrogen-bond acceptors (Lipinski definition) is 5. The van der Waals surface area contributed by atoms with Crippen LogP contribution in [0, 0.1) is 0 Å². The molecule has 198 valence electrons. The fraction of sp³-hybridized carbons (Fsp3) is 0.440. The van der Waals surface area contributed by atoms with Gasteiger partial charge in [-0.05, 0) is 55.7 Å². The summed E-state index contributed by atoms with van der Waals surface area (Å²) in [7, 11) is -2.15. The number of nitrogens with zero attached hydrogens (tertiary/aromatic N) is 2. The normalized spacial score (nSPS) is 12.1. The van der Waals surface area contributed by atoms with E-state index in [9.17, 15) is 18.0 Å². The Labute approximate surface area is 227 Å². The van der Waals surface area contributed by atoms with Crippen LogP contribution in [0.5, 0.6) is 5.75 Å². The lowest BCUT2D eigenvalue weighted by atomic mass is 10.1. The summed E-state index contributed by atoms with van der Waals surface area (Å²) in [4.78, 5) is 27.5. The van der Waals surface area contributed by atoms with E-state index in [2.05, 4.69) is 21.2 Å². The first-order valence-electron chi connectivity index (χ1n) is 11.6. The molecule has 2 aromatic rings. The van der Waals surface area contributed by atoms with Crippen molar-refractivity contribution in [1.29, 1.82) is 0 Å². The standard InChI is InChI=1S/C25H33BrClN3O5S/c1-5-13-28-25(32)18(2)29(17-19-8-6-9-20(26)15-19)24(31)10-7-14-30(36(4,33)34)21-11-12-23(35-3)22(27)16-21/h6,8-9,11-12,15-16,18H,5,7,10,13-14,17H2,1-4H3,(H,28,32)/t18-/m0/s1. The minimum atomic E-state index is -3.63. The van der Waals surface area contributed by atoms with Gasteiger partial charge in [0.05, 0.1) is 24.1 Å². The Kier molecular flexibility index (Phi) is 11.5. The van der Waals surface area contributed by atoms with Crippen LogP contribution in [0.25, 0.3) is 0 Å². The first-order valence-corrected chi connectivity index (χ1v) is 14.6. The highest BCUT2D eigenvalue weighted by molar-refractivity contribution is 9.10. The minimum absolute atomic E-state index is 0.0648. The van der Waals surface area contributed by atoms with Crippen LogP contribution in [-0.2, 0) is 26.2 Å². The van der Waals surface area contributed by atoms with Crippen molar-refractivity contribution in [3.05, 3.63) is 57.5 Å². The number of hydrogen-bond donors (Lipinski definition) is 1. The first-order chi connectivity index (χ1) is 17.0. The number of rotatable bonds is 13. The SMILES string of the molecule is CCCNC(=O)[C@H](C)N(Cc1cccc(Br)c1)C(=O)CCCN(c1ccc(OC)c(Cl)c1)S(C)(=O)=O. The van der Waals surface area contributed by atoms with E-state index in [0.29, 0.717) is 18.0 Å². The smallest absolute Gasteiger partial charge is 0.242 e. The number of carbonyl (C=O) groups is 2. The number of benzene rings is 2. The molecule has 1 atom stereocenters. The van der Waals surface area contributed by atoms with E-state index in [4.69, 9.17) is 16.3 Å². The molecule has 2 rings (SSSR count). The highest BCUT2D eigenvalue weighted by atomic mass is 79.9. The largest absolute Gasteiger partial charge is 0.495 e. The van der Waals surface area contributed by atoms with Crippen molar-refractivity contribution >= 4 is 55.1 Å². The maximum absolute atomic E-state index is 13.3. The Hall–Kier alpha value is -2.30.